The lowest BCUT2D eigenvalue weighted by molar-refractivity contribution is -0.131. The Kier molecular flexibility index (Phi) is 5.81. The predicted molar refractivity (Wildman–Crippen MR) is 113 cm³/mol. The number of nitrogens with zero attached hydrogens (tertiary/aromatic N) is 4. The summed E-state index contributed by atoms with van der Waals surface area (Å²) in [6.45, 7) is 2.21. The number of hydrogen-bond donors (Lipinski definition) is 0. The number of hydrogen-bond acceptors (Lipinski definition) is 5. The minimum Gasteiger partial charge on any atom is -0.373 e. The fourth-order valence-corrected chi connectivity index (χ4v) is 3.65. The highest BCUT2D eigenvalue weighted by Gasteiger charge is 2.21. The zero-order valence-corrected chi connectivity index (χ0v) is 17.1. The van der Waals surface area contributed by atoms with Crippen molar-refractivity contribution in [1.29, 1.82) is 0 Å². The molecule has 2 heterocycles. The molecule has 0 bridgehead atoms. The molecule has 7 heteroatoms. The Balaban J connectivity index is 1.32. The number of aryl methyl sites for hydroxylation is 1. The largest absolute Gasteiger partial charge is 0.373 e. The quantitative estimate of drug-likeness (QED) is 0.631. The molecule has 0 unspecified atom stereocenters. The molecule has 1 aromatic heterocycles. The first-order chi connectivity index (χ1) is 14.1. The molecule has 0 saturated heterocycles. The van der Waals surface area contributed by atoms with Crippen molar-refractivity contribution >= 4 is 23.2 Å². The number of carbonyl (C=O) groups is 1. The predicted octanol–water partition coefficient (Wildman–Crippen LogP) is 4.19. The number of benzene rings is 2. The van der Waals surface area contributed by atoms with E-state index in [2.05, 4.69) is 34.2 Å². The third-order valence-electron chi connectivity index (χ3n) is 5.17. The van der Waals surface area contributed by atoms with Gasteiger partial charge in [-0.25, -0.2) is 0 Å². The van der Waals surface area contributed by atoms with E-state index in [0.717, 1.165) is 18.7 Å². The maximum Gasteiger partial charge on any atom is 0.226 e. The molecular weight excluding hydrogens is 388 g/mol. The number of aromatic nitrogens is 2. The molecule has 0 fully saturated rings. The maximum absolute atomic E-state index is 12.7. The Morgan fingerprint density at radius 1 is 1.14 bits per heavy atom. The van der Waals surface area contributed by atoms with Crippen molar-refractivity contribution in [3.05, 3.63) is 65.0 Å². The Labute approximate surface area is 175 Å². The van der Waals surface area contributed by atoms with Crippen LogP contribution in [0.2, 0.25) is 5.02 Å². The molecule has 0 spiro atoms. The van der Waals surface area contributed by atoms with Gasteiger partial charge in [0.15, 0.2) is 0 Å². The van der Waals surface area contributed by atoms with E-state index in [1.54, 1.807) is 12.1 Å². The first-order valence-corrected chi connectivity index (χ1v) is 10.1. The summed E-state index contributed by atoms with van der Waals surface area (Å²) >= 11 is 5.91. The van der Waals surface area contributed by atoms with Gasteiger partial charge in [-0.3, -0.25) is 4.79 Å². The van der Waals surface area contributed by atoms with Gasteiger partial charge in [0, 0.05) is 55.8 Å². The summed E-state index contributed by atoms with van der Waals surface area (Å²) in [7, 11) is 2.07. The van der Waals surface area contributed by atoms with Gasteiger partial charge >= 0.3 is 0 Å². The molecule has 0 radical (unpaired) electrons. The zero-order chi connectivity index (χ0) is 20.2. The second-order valence-electron chi connectivity index (χ2n) is 7.24. The molecule has 1 aliphatic heterocycles. The number of carbonyl (C=O) groups excluding carboxylic acids is 1. The molecular formula is C22H23ClN4O2. The van der Waals surface area contributed by atoms with E-state index in [-0.39, 0.29) is 5.91 Å². The topological polar surface area (TPSA) is 62.5 Å². The third-order valence-corrected chi connectivity index (χ3v) is 5.43. The summed E-state index contributed by atoms with van der Waals surface area (Å²) < 4.78 is 5.33. The van der Waals surface area contributed by atoms with Gasteiger partial charge in [-0.2, -0.15) is 4.98 Å². The Morgan fingerprint density at radius 2 is 1.93 bits per heavy atom. The molecule has 4 rings (SSSR count). The van der Waals surface area contributed by atoms with E-state index >= 15 is 0 Å². The smallest absolute Gasteiger partial charge is 0.226 e. The number of halogens is 1. The number of amides is 1. The molecule has 6 nitrogen and oxygen atoms in total. The summed E-state index contributed by atoms with van der Waals surface area (Å²) in [4.78, 5) is 21.3. The van der Waals surface area contributed by atoms with Crippen molar-refractivity contribution in [2.45, 2.75) is 25.8 Å². The number of anilines is 1. The lowest BCUT2D eigenvalue weighted by Gasteiger charge is -2.21. The van der Waals surface area contributed by atoms with Gasteiger partial charge in [-0.15, -0.1) is 0 Å². The van der Waals surface area contributed by atoms with Crippen LogP contribution in [0.15, 0.2) is 53.1 Å². The molecule has 29 heavy (non-hydrogen) atoms. The minimum absolute atomic E-state index is 0.160. The molecule has 2 aromatic carbocycles. The number of rotatable bonds is 5. The van der Waals surface area contributed by atoms with Gasteiger partial charge in [0.25, 0.3) is 0 Å². The fraction of sp³-hybridized carbons (Fsp3) is 0.318. The Bertz CT molecular complexity index is 986. The van der Waals surface area contributed by atoms with E-state index in [1.165, 1.54) is 11.3 Å². The van der Waals surface area contributed by atoms with E-state index in [9.17, 15) is 4.79 Å². The summed E-state index contributed by atoms with van der Waals surface area (Å²) in [5.41, 5.74) is 3.24. The number of fused-ring (bicyclic) bond motifs is 1. The first kappa shape index (κ1) is 19.5. The number of para-hydroxylation sites is 1. The average molecular weight is 411 g/mol. The van der Waals surface area contributed by atoms with Crippen LogP contribution >= 0.6 is 11.6 Å². The molecule has 0 atom stereocenters. The molecule has 3 aromatic rings. The maximum atomic E-state index is 12.7. The van der Waals surface area contributed by atoms with Gasteiger partial charge in [-0.05, 0) is 42.3 Å². The lowest BCUT2D eigenvalue weighted by atomic mass is 10.1. The normalized spacial score (nSPS) is 13.9. The van der Waals surface area contributed by atoms with Crippen LogP contribution in [0.1, 0.15) is 24.3 Å². The van der Waals surface area contributed by atoms with Gasteiger partial charge in [0.05, 0.1) is 0 Å². The van der Waals surface area contributed by atoms with Gasteiger partial charge in [0.1, 0.15) is 0 Å². The average Bonchev–Trinajstić information content (AvgIpc) is 3.13. The van der Waals surface area contributed by atoms with Crippen LogP contribution in [-0.4, -0.2) is 41.1 Å². The van der Waals surface area contributed by atoms with Crippen LogP contribution in [-0.2, 0) is 17.8 Å². The van der Waals surface area contributed by atoms with Gasteiger partial charge in [0.2, 0.25) is 17.6 Å². The van der Waals surface area contributed by atoms with Crippen LogP contribution in [0, 0.1) is 0 Å². The van der Waals surface area contributed by atoms with Crippen molar-refractivity contribution < 1.29 is 9.32 Å². The van der Waals surface area contributed by atoms with E-state index in [0.29, 0.717) is 42.5 Å². The monoisotopic (exact) mass is 410 g/mol. The van der Waals surface area contributed by atoms with Crippen molar-refractivity contribution in [3.63, 3.8) is 0 Å². The number of likely N-dealkylation sites (N-methyl/N-ethyl adjacent to an activating group) is 1. The second-order valence-corrected chi connectivity index (χ2v) is 7.67. The molecule has 0 N–H and O–H groups in total. The van der Waals surface area contributed by atoms with Crippen LogP contribution < -0.4 is 4.90 Å². The van der Waals surface area contributed by atoms with E-state index in [1.807, 2.05) is 29.2 Å². The highest BCUT2D eigenvalue weighted by Crippen LogP contribution is 2.24. The highest BCUT2D eigenvalue weighted by molar-refractivity contribution is 6.30. The summed E-state index contributed by atoms with van der Waals surface area (Å²) in [5, 5.41) is 4.68. The van der Waals surface area contributed by atoms with Crippen LogP contribution in [0.25, 0.3) is 11.4 Å². The highest BCUT2D eigenvalue weighted by atomic mass is 35.5. The van der Waals surface area contributed by atoms with E-state index in [4.69, 9.17) is 16.1 Å². The SMILES string of the molecule is CN1CCN(C(=O)CCCc2nc(-c3ccc(Cl)cc3)no2)Cc2ccccc21. The van der Waals surface area contributed by atoms with Gasteiger partial charge in [-0.1, -0.05) is 35.0 Å². The van der Waals surface area contributed by atoms with Gasteiger partial charge < -0.3 is 14.3 Å². The van der Waals surface area contributed by atoms with Crippen molar-refractivity contribution in [3.8, 4) is 11.4 Å². The molecule has 1 aliphatic rings. The second kappa shape index (κ2) is 8.66. The molecule has 0 saturated carbocycles. The van der Waals surface area contributed by atoms with Crippen molar-refractivity contribution in [2.75, 3.05) is 25.0 Å². The summed E-state index contributed by atoms with van der Waals surface area (Å²) in [5.74, 6) is 1.24. The fourth-order valence-electron chi connectivity index (χ4n) is 3.53. The standard InChI is InChI=1S/C22H23ClN4O2/c1-26-13-14-27(15-17-5-2-3-6-19(17)26)21(28)8-4-7-20-24-22(25-29-20)16-9-11-18(23)12-10-16/h2-3,5-6,9-12H,4,7-8,13-15H2,1H3. The van der Waals surface area contributed by atoms with E-state index < -0.39 is 0 Å². The summed E-state index contributed by atoms with van der Waals surface area (Å²) in [6.07, 6.45) is 1.72. The third kappa shape index (κ3) is 4.59. The molecule has 0 aliphatic carbocycles. The summed E-state index contributed by atoms with van der Waals surface area (Å²) in [6, 6.07) is 15.6. The van der Waals surface area contributed by atoms with Crippen LogP contribution in [0.3, 0.4) is 0 Å². The van der Waals surface area contributed by atoms with Crippen molar-refractivity contribution in [2.24, 2.45) is 0 Å². The Morgan fingerprint density at radius 3 is 2.76 bits per heavy atom. The molecule has 1 amide bonds. The lowest BCUT2D eigenvalue weighted by Crippen LogP contribution is -2.34. The minimum atomic E-state index is 0.160. The molecule has 150 valence electrons. The van der Waals surface area contributed by atoms with Crippen molar-refractivity contribution in [1.82, 2.24) is 15.0 Å². The first-order valence-electron chi connectivity index (χ1n) is 9.75. The zero-order valence-electron chi connectivity index (χ0n) is 16.3. The van der Waals surface area contributed by atoms with Crippen LogP contribution in [0.4, 0.5) is 5.69 Å². The Hall–Kier alpha value is -2.86. The van der Waals surface area contributed by atoms with Crippen LogP contribution in [0.5, 0.6) is 0 Å².